The van der Waals surface area contributed by atoms with Crippen molar-refractivity contribution in [3.8, 4) is 6.01 Å². The Balaban J connectivity index is 2.21. The monoisotopic (exact) mass is 288 g/mol. The van der Waals surface area contributed by atoms with Gasteiger partial charge in [-0.1, -0.05) is 6.07 Å². The number of nitrogens with zero attached hydrogens (tertiary/aromatic N) is 5. The van der Waals surface area contributed by atoms with Crippen LogP contribution in [0, 0.1) is 6.92 Å². The number of ether oxygens (including phenoxy) is 1. The Morgan fingerprint density at radius 2 is 2.00 bits per heavy atom. The van der Waals surface area contributed by atoms with Crippen molar-refractivity contribution in [2.75, 3.05) is 30.9 Å². The fourth-order valence-electron chi connectivity index (χ4n) is 1.82. The maximum Gasteiger partial charge on any atom is 0.323 e. The smallest absolute Gasteiger partial charge is 0.323 e. The van der Waals surface area contributed by atoms with Gasteiger partial charge in [-0.15, -0.1) is 0 Å². The third-order valence-electron chi connectivity index (χ3n) is 2.79. The van der Waals surface area contributed by atoms with Gasteiger partial charge in [-0.2, -0.15) is 15.0 Å². The van der Waals surface area contributed by atoms with Gasteiger partial charge in [0.1, 0.15) is 0 Å². The van der Waals surface area contributed by atoms with Gasteiger partial charge >= 0.3 is 6.01 Å². The molecule has 1 N–H and O–H groups in total. The highest BCUT2D eigenvalue weighted by Gasteiger charge is 2.11. The Morgan fingerprint density at radius 3 is 2.67 bits per heavy atom. The van der Waals surface area contributed by atoms with Gasteiger partial charge in [-0.3, -0.25) is 4.98 Å². The van der Waals surface area contributed by atoms with Gasteiger partial charge in [0, 0.05) is 19.8 Å². The van der Waals surface area contributed by atoms with Crippen molar-refractivity contribution < 1.29 is 4.74 Å². The lowest BCUT2D eigenvalue weighted by atomic mass is 10.3. The molecule has 7 heteroatoms. The lowest BCUT2D eigenvalue weighted by Crippen LogP contribution is -2.21. The lowest BCUT2D eigenvalue weighted by molar-refractivity contribution is 0.312. The van der Waals surface area contributed by atoms with Crippen molar-refractivity contribution in [2.45, 2.75) is 20.4 Å². The Bertz CT molecular complexity index is 604. The maximum atomic E-state index is 5.36. The van der Waals surface area contributed by atoms with E-state index in [2.05, 4.69) is 25.3 Å². The van der Waals surface area contributed by atoms with Crippen LogP contribution in [0.1, 0.15) is 18.3 Å². The van der Waals surface area contributed by atoms with Crippen LogP contribution in [-0.2, 0) is 6.54 Å². The predicted molar refractivity (Wildman–Crippen MR) is 81.6 cm³/mol. The summed E-state index contributed by atoms with van der Waals surface area (Å²) in [5.74, 6) is 1.02. The predicted octanol–water partition coefficient (Wildman–Crippen LogP) is 1.65. The van der Waals surface area contributed by atoms with Crippen LogP contribution in [0.5, 0.6) is 6.01 Å². The Morgan fingerprint density at radius 1 is 1.19 bits per heavy atom. The van der Waals surface area contributed by atoms with E-state index in [0.29, 0.717) is 31.1 Å². The first-order chi connectivity index (χ1) is 10.1. The molecule has 0 saturated carbocycles. The zero-order chi connectivity index (χ0) is 15.2. The van der Waals surface area contributed by atoms with E-state index < -0.39 is 0 Å². The number of pyridine rings is 1. The average Bonchev–Trinajstić information content (AvgIpc) is 2.47. The van der Waals surface area contributed by atoms with Crippen LogP contribution in [0.15, 0.2) is 18.2 Å². The summed E-state index contributed by atoms with van der Waals surface area (Å²) in [6, 6.07) is 6.26. The van der Waals surface area contributed by atoms with Gasteiger partial charge in [0.2, 0.25) is 11.9 Å². The standard InChI is InChI=1S/C14H20N6O/c1-5-21-14-18-12(15-3)17-13(19-14)20(4)9-11-8-6-7-10(2)16-11/h6-8H,5,9H2,1-4H3,(H,15,17,18,19). The van der Waals surface area contributed by atoms with E-state index in [1.54, 1.807) is 7.05 Å². The number of hydrogen-bond donors (Lipinski definition) is 1. The summed E-state index contributed by atoms with van der Waals surface area (Å²) in [6.45, 7) is 4.98. The maximum absolute atomic E-state index is 5.36. The minimum atomic E-state index is 0.316. The molecule has 0 bridgehead atoms. The highest BCUT2D eigenvalue weighted by molar-refractivity contribution is 5.37. The highest BCUT2D eigenvalue weighted by atomic mass is 16.5. The molecule has 0 aliphatic rings. The van der Waals surface area contributed by atoms with Crippen LogP contribution in [0.25, 0.3) is 0 Å². The normalized spacial score (nSPS) is 10.3. The second-order valence-electron chi connectivity index (χ2n) is 4.55. The van der Waals surface area contributed by atoms with Crippen LogP contribution in [0.2, 0.25) is 0 Å². The quantitative estimate of drug-likeness (QED) is 0.866. The topological polar surface area (TPSA) is 76.1 Å². The molecule has 0 aliphatic carbocycles. The minimum Gasteiger partial charge on any atom is -0.464 e. The van der Waals surface area contributed by atoms with Gasteiger partial charge in [0.15, 0.2) is 0 Å². The highest BCUT2D eigenvalue weighted by Crippen LogP contribution is 2.15. The average molecular weight is 288 g/mol. The molecular formula is C14H20N6O. The molecule has 0 spiro atoms. The van der Waals surface area contributed by atoms with Crippen LogP contribution < -0.4 is 15.0 Å². The van der Waals surface area contributed by atoms with Gasteiger partial charge in [-0.25, -0.2) is 0 Å². The molecule has 0 atom stereocenters. The Labute approximate surface area is 124 Å². The van der Waals surface area contributed by atoms with Gasteiger partial charge < -0.3 is 15.0 Å². The SMILES string of the molecule is CCOc1nc(NC)nc(N(C)Cc2cccc(C)n2)n1. The van der Waals surface area contributed by atoms with E-state index in [1.165, 1.54) is 0 Å². The van der Waals surface area contributed by atoms with Crippen molar-refractivity contribution >= 4 is 11.9 Å². The summed E-state index contributed by atoms with van der Waals surface area (Å²) < 4.78 is 5.36. The fourth-order valence-corrected chi connectivity index (χ4v) is 1.82. The molecular weight excluding hydrogens is 268 g/mol. The van der Waals surface area contributed by atoms with E-state index in [4.69, 9.17) is 4.74 Å². The summed E-state index contributed by atoms with van der Waals surface area (Å²) in [4.78, 5) is 19.2. The first-order valence-electron chi connectivity index (χ1n) is 6.82. The second-order valence-corrected chi connectivity index (χ2v) is 4.55. The molecule has 0 amide bonds. The molecule has 0 aliphatic heterocycles. The van der Waals surface area contributed by atoms with Crippen LogP contribution in [0.4, 0.5) is 11.9 Å². The van der Waals surface area contributed by atoms with Crippen molar-refractivity contribution in [1.29, 1.82) is 0 Å². The first kappa shape index (κ1) is 15.0. The molecule has 112 valence electrons. The molecule has 2 aromatic rings. The molecule has 0 fully saturated rings. The molecule has 21 heavy (non-hydrogen) atoms. The van der Waals surface area contributed by atoms with E-state index >= 15 is 0 Å². The number of aromatic nitrogens is 4. The Kier molecular flexibility index (Phi) is 4.86. The van der Waals surface area contributed by atoms with Crippen molar-refractivity contribution in [3.05, 3.63) is 29.6 Å². The van der Waals surface area contributed by atoms with Crippen LogP contribution in [-0.4, -0.2) is 40.6 Å². The van der Waals surface area contributed by atoms with E-state index in [0.717, 1.165) is 11.4 Å². The number of anilines is 2. The van der Waals surface area contributed by atoms with Crippen LogP contribution in [0.3, 0.4) is 0 Å². The van der Waals surface area contributed by atoms with Crippen molar-refractivity contribution in [3.63, 3.8) is 0 Å². The molecule has 0 aromatic carbocycles. The molecule has 2 aromatic heterocycles. The van der Waals surface area contributed by atoms with E-state index in [1.807, 2.05) is 44.0 Å². The van der Waals surface area contributed by atoms with E-state index in [9.17, 15) is 0 Å². The summed E-state index contributed by atoms with van der Waals surface area (Å²) in [7, 11) is 3.67. The summed E-state index contributed by atoms with van der Waals surface area (Å²) >= 11 is 0. The van der Waals surface area contributed by atoms with Gasteiger partial charge in [0.05, 0.1) is 18.8 Å². The second kappa shape index (κ2) is 6.83. The Hall–Kier alpha value is -2.44. The third kappa shape index (κ3) is 4.01. The number of hydrogen-bond acceptors (Lipinski definition) is 7. The summed E-state index contributed by atoms with van der Waals surface area (Å²) in [5, 5.41) is 2.91. The summed E-state index contributed by atoms with van der Waals surface area (Å²) in [6.07, 6.45) is 0. The minimum absolute atomic E-state index is 0.316. The van der Waals surface area contributed by atoms with Crippen molar-refractivity contribution in [2.24, 2.45) is 0 Å². The molecule has 2 heterocycles. The molecule has 0 radical (unpaired) electrons. The first-order valence-corrected chi connectivity index (χ1v) is 6.82. The fraction of sp³-hybridized carbons (Fsp3) is 0.429. The van der Waals surface area contributed by atoms with Crippen LogP contribution >= 0.6 is 0 Å². The van der Waals surface area contributed by atoms with Gasteiger partial charge in [0.25, 0.3) is 0 Å². The zero-order valence-corrected chi connectivity index (χ0v) is 12.8. The van der Waals surface area contributed by atoms with Crippen molar-refractivity contribution in [1.82, 2.24) is 19.9 Å². The van der Waals surface area contributed by atoms with E-state index in [-0.39, 0.29) is 0 Å². The zero-order valence-electron chi connectivity index (χ0n) is 12.8. The summed E-state index contributed by atoms with van der Waals surface area (Å²) in [5.41, 5.74) is 1.95. The number of rotatable bonds is 6. The largest absolute Gasteiger partial charge is 0.464 e. The molecule has 0 unspecified atom stereocenters. The molecule has 0 saturated heterocycles. The third-order valence-corrected chi connectivity index (χ3v) is 2.79. The molecule has 7 nitrogen and oxygen atoms in total. The lowest BCUT2D eigenvalue weighted by Gasteiger charge is -2.17. The number of aryl methyl sites for hydroxylation is 1. The molecule has 2 rings (SSSR count). The van der Waals surface area contributed by atoms with Gasteiger partial charge in [-0.05, 0) is 26.0 Å². The number of nitrogens with one attached hydrogen (secondary N) is 1.